The second kappa shape index (κ2) is 9.36. The first-order valence-electron chi connectivity index (χ1n) is 11.0. The lowest BCUT2D eigenvalue weighted by Crippen LogP contribution is -2.12. The van der Waals surface area contributed by atoms with Gasteiger partial charge in [0.25, 0.3) is 5.91 Å². The Morgan fingerprint density at radius 3 is 2.33 bits per heavy atom. The van der Waals surface area contributed by atoms with Gasteiger partial charge in [-0.15, -0.1) is 0 Å². The maximum absolute atomic E-state index is 12.8. The number of amides is 1. The molecule has 0 aliphatic rings. The fourth-order valence-electron chi connectivity index (χ4n) is 3.82. The van der Waals surface area contributed by atoms with Crippen LogP contribution in [0.25, 0.3) is 0 Å². The van der Waals surface area contributed by atoms with Crippen molar-refractivity contribution in [3.8, 4) is 5.75 Å². The van der Waals surface area contributed by atoms with Crippen LogP contribution in [0.2, 0.25) is 0 Å². The van der Waals surface area contributed by atoms with Crippen LogP contribution < -0.4 is 10.1 Å². The molecular weight excluding hydrogens is 414 g/mol. The summed E-state index contributed by atoms with van der Waals surface area (Å²) in [5.74, 6) is 1.29. The SMILES string of the molecule is Cc1ccc(Cn2nc(C)c(NC(=O)c3ccc(COc4cc(C)cc(C)c4)o3)c2C)cc1. The maximum atomic E-state index is 12.8. The van der Waals surface area contributed by atoms with Crippen molar-refractivity contribution in [1.29, 1.82) is 0 Å². The third-order valence-electron chi connectivity index (χ3n) is 5.53. The molecule has 4 rings (SSSR count). The molecule has 0 saturated carbocycles. The summed E-state index contributed by atoms with van der Waals surface area (Å²) in [6.07, 6.45) is 0. The normalized spacial score (nSPS) is 10.9. The van der Waals surface area contributed by atoms with Crippen LogP contribution in [0.3, 0.4) is 0 Å². The van der Waals surface area contributed by atoms with Crippen molar-refractivity contribution >= 4 is 11.6 Å². The molecule has 1 N–H and O–H groups in total. The lowest BCUT2D eigenvalue weighted by atomic mass is 10.1. The van der Waals surface area contributed by atoms with Gasteiger partial charge in [0.1, 0.15) is 18.1 Å². The van der Waals surface area contributed by atoms with Gasteiger partial charge in [-0.3, -0.25) is 9.48 Å². The number of ether oxygens (including phenoxy) is 1. The molecule has 0 aliphatic carbocycles. The van der Waals surface area contributed by atoms with E-state index in [1.165, 1.54) is 5.56 Å². The van der Waals surface area contributed by atoms with E-state index in [1.54, 1.807) is 12.1 Å². The molecular formula is C27H29N3O3. The first-order chi connectivity index (χ1) is 15.8. The van der Waals surface area contributed by atoms with Crippen molar-refractivity contribution in [2.24, 2.45) is 0 Å². The number of rotatable bonds is 7. The quantitative estimate of drug-likeness (QED) is 0.386. The summed E-state index contributed by atoms with van der Waals surface area (Å²) in [5.41, 5.74) is 7.01. The molecule has 0 fully saturated rings. The fourth-order valence-corrected chi connectivity index (χ4v) is 3.82. The van der Waals surface area contributed by atoms with E-state index in [9.17, 15) is 4.79 Å². The lowest BCUT2D eigenvalue weighted by Gasteiger charge is -2.07. The minimum absolute atomic E-state index is 0.235. The molecule has 0 bridgehead atoms. The highest BCUT2D eigenvalue weighted by atomic mass is 16.5. The summed E-state index contributed by atoms with van der Waals surface area (Å²) >= 11 is 0. The number of benzene rings is 2. The predicted octanol–water partition coefficient (Wildman–Crippen LogP) is 5.90. The topological polar surface area (TPSA) is 69.3 Å². The van der Waals surface area contributed by atoms with Crippen molar-refractivity contribution in [3.63, 3.8) is 0 Å². The molecule has 6 nitrogen and oxygen atoms in total. The summed E-state index contributed by atoms with van der Waals surface area (Å²) in [4.78, 5) is 12.8. The smallest absolute Gasteiger partial charge is 0.291 e. The van der Waals surface area contributed by atoms with Crippen molar-refractivity contribution < 1.29 is 13.9 Å². The molecule has 4 aromatic rings. The van der Waals surface area contributed by atoms with E-state index in [4.69, 9.17) is 9.15 Å². The van der Waals surface area contributed by atoms with Crippen molar-refractivity contribution in [3.05, 3.63) is 99.8 Å². The number of hydrogen-bond acceptors (Lipinski definition) is 4. The molecule has 0 saturated heterocycles. The van der Waals surface area contributed by atoms with E-state index >= 15 is 0 Å². The van der Waals surface area contributed by atoms with Gasteiger partial charge in [0, 0.05) is 0 Å². The largest absolute Gasteiger partial charge is 0.486 e. The van der Waals surface area contributed by atoms with Crippen LogP contribution >= 0.6 is 0 Å². The highest BCUT2D eigenvalue weighted by Gasteiger charge is 2.18. The number of hydrogen-bond donors (Lipinski definition) is 1. The number of carbonyl (C=O) groups is 1. The maximum Gasteiger partial charge on any atom is 0.291 e. The van der Waals surface area contributed by atoms with Gasteiger partial charge in [-0.1, -0.05) is 35.9 Å². The van der Waals surface area contributed by atoms with Gasteiger partial charge in [0.05, 0.1) is 23.6 Å². The molecule has 0 spiro atoms. The van der Waals surface area contributed by atoms with Gasteiger partial charge in [0.2, 0.25) is 0 Å². The first kappa shape index (κ1) is 22.4. The fraction of sp³-hybridized carbons (Fsp3) is 0.259. The molecule has 0 radical (unpaired) electrons. The summed E-state index contributed by atoms with van der Waals surface area (Å²) in [5, 5.41) is 7.56. The van der Waals surface area contributed by atoms with Crippen LogP contribution in [0, 0.1) is 34.6 Å². The van der Waals surface area contributed by atoms with Crippen molar-refractivity contribution in [1.82, 2.24) is 9.78 Å². The summed E-state index contributed by atoms with van der Waals surface area (Å²) in [6.45, 7) is 10.9. The zero-order valence-electron chi connectivity index (χ0n) is 19.7. The van der Waals surface area contributed by atoms with Gasteiger partial charge >= 0.3 is 0 Å². The molecule has 1 amide bonds. The Balaban J connectivity index is 1.41. The average molecular weight is 444 g/mol. The Labute approximate surface area is 194 Å². The molecule has 0 atom stereocenters. The summed E-state index contributed by atoms with van der Waals surface area (Å²) in [7, 11) is 0. The third kappa shape index (κ3) is 5.34. The highest BCUT2D eigenvalue weighted by molar-refractivity contribution is 6.02. The van der Waals surface area contributed by atoms with E-state index in [2.05, 4.69) is 47.7 Å². The average Bonchev–Trinajstić information content (AvgIpc) is 3.34. The lowest BCUT2D eigenvalue weighted by molar-refractivity contribution is 0.0992. The van der Waals surface area contributed by atoms with Gasteiger partial charge in [-0.25, -0.2) is 0 Å². The Bertz CT molecular complexity index is 1260. The Morgan fingerprint density at radius 2 is 1.64 bits per heavy atom. The van der Waals surface area contributed by atoms with Crippen LogP contribution in [0.4, 0.5) is 5.69 Å². The van der Waals surface area contributed by atoms with Crippen LogP contribution in [0.15, 0.2) is 59.0 Å². The first-order valence-corrected chi connectivity index (χ1v) is 11.0. The molecule has 170 valence electrons. The summed E-state index contributed by atoms with van der Waals surface area (Å²) < 4.78 is 13.5. The van der Waals surface area contributed by atoms with Crippen molar-refractivity contribution in [2.75, 3.05) is 5.32 Å². The Kier molecular flexibility index (Phi) is 6.36. The molecule has 6 heteroatoms. The minimum Gasteiger partial charge on any atom is -0.486 e. The van der Waals surface area contributed by atoms with E-state index in [1.807, 2.05) is 44.5 Å². The number of aromatic nitrogens is 2. The molecule has 0 aliphatic heterocycles. The second-order valence-electron chi connectivity index (χ2n) is 8.52. The molecule has 0 unspecified atom stereocenters. The van der Waals surface area contributed by atoms with Gasteiger partial charge in [-0.2, -0.15) is 5.10 Å². The van der Waals surface area contributed by atoms with Gasteiger partial charge in [0.15, 0.2) is 5.76 Å². The molecule has 2 aromatic carbocycles. The zero-order valence-corrected chi connectivity index (χ0v) is 19.7. The van der Waals surface area contributed by atoms with E-state index in [-0.39, 0.29) is 18.3 Å². The number of furan rings is 1. The van der Waals surface area contributed by atoms with Crippen LogP contribution in [-0.2, 0) is 13.2 Å². The monoisotopic (exact) mass is 443 g/mol. The van der Waals surface area contributed by atoms with Crippen molar-refractivity contribution in [2.45, 2.75) is 47.8 Å². The van der Waals surface area contributed by atoms with E-state index < -0.39 is 0 Å². The Morgan fingerprint density at radius 1 is 0.939 bits per heavy atom. The summed E-state index contributed by atoms with van der Waals surface area (Å²) in [6, 6.07) is 17.8. The van der Waals surface area contributed by atoms with E-state index in [0.29, 0.717) is 18.0 Å². The highest BCUT2D eigenvalue weighted by Crippen LogP contribution is 2.23. The standard InChI is InChI=1S/C27H29N3O3/c1-17-6-8-22(9-7-17)15-30-21(5)26(20(4)29-30)28-27(31)25-11-10-23(33-25)16-32-24-13-18(2)12-19(3)14-24/h6-14H,15-16H2,1-5H3,(H,28,31). The van der Waals surface area contributed by atoms with E-state index in [0.717, 1.165) is 33.8 Å². The van der Waals surface area contributed by atoms with Crippen LogP contribution in [0.5, 0.6) is 5.75 Å². The van der Waals surface area contributed by atoms with Crippen LogP contribution in [-0.4, -0.2) is 15.7 Å². The van der Waals surface area contributed by atoms with Crippen LogP contribution in [0.1, 0.15) is 50.0 Å². The number of aryl methyl sites for hydroxylation is 4. The predicted molar refractivity (Wildman–Crippen MR) is 129 cm³/mol. The number of carbonyl (C=O) groups excluding carboxylic acids is 1. The number of anilines is 1. The Hall–Kier alpha value is -3.80. The molecule has 2 heterocycles. The molecule has 33 heavy (non-hydrogen) atoms. The number of nitrogens with one attached hydrogen (secondary N) is 1. The second-order valence-corrected chi connectivity index (χ2v) is 8.52. The van der Waals surface area contributed by atoms with Gasteiger partial charge in [-0.05, 0) is 75.6 Å². The van der Waals surface area contributed by atoms with Gasteiger partial charge < -0.3 is 14.5 Å². The number of nitrogens with zero attached hydrogens (tertiary/aromatic N) is 2. The molecule has 2 aromatic heterocycles. The zero-order chi connectivity index (χ0) is 23.5. The third-order valence-corrected chi connectivity index (χ3v) is 5.53. The minimum atomic E-state index is -0.311.